The fourth-order valence-corrected chi connectivity index (χ4v) is 15.8. The zero-order valence-corrected chi connectivity index (χ0v) is 61.8. The van der Waals surface area contributed by atoms with Crippen LogP contribution >= 0.6 is 0 Å². The smallest absolute Gasteiger partial charge is 0.256 e. The third-order valence-corrected chi connectivity index (χ3v) is 21.6. The molecule has 0 radical (unpaired) electrons. The van der Waals surface area contributed by atoms with E-state index in [2.05, 4.69) is 82.9 Å². The largest absolute Gasteiger partial charge is 0.485 e. The lowest BCUT2D eigenvalue weighted by atomic mass is 9.94. The first-order valence-corrected chi connectivity index (χ1v) is 36.3. The van der Waals surface area contributed by atoms with Gasteiger partial charge >= 0.3 is 0 Å². The number of rotatable bonds is 0. The predicted molar refractivity (Wildman–Crippen MR) is 395 cm³/mol. The fraction of sp³-hybridized carbons (Fsp3) is 0.333. The van der Waals surface area contributed by atoms with Crippen molar-refractivity contribution in [2.75, 3.05) is 47.4 Å². The molecule has 12 aromatic rings. The monoisotopic (exact) mass is 1510 g/mol. The maximum Gasteiger partial charge on any atom is 0.256 e. The van der Waals surface area contributed by atoms with Crippen molar-refractivity contribution in [1.82, 2.24) is 79.7 Å². The zero-order chi connectivity index (χ0) is 77.6. The Morgan fingerprint density at radius 3 is 1.09 bits per heavy atom. The van der Waals surface area contributed by atoms with Crippen molar-refractivity contribution in [1.29, 1.82) is 0 Å². The van der Waals surface area contributed by atoms with Crippen LogP contribution in [0.15, 0.2) is 104 Å². The molecule has 8 aliphatic rings. The number of benzene rings is 4. The molecule has 0 saturated carbocycles. The molecule has 0 aliphatic carbocycles. The minimum absolute atomic E-state index is 0.125. The van der Waals surface area contributed by atoms with E-state index in [1.54, 1.807) is 102 Å². The topological polar surface area (TPSA) is 322 Å². The van der Waals surface area contributed by atoms with Crippen molar-refractivity contribution in [2.24, 2.45) is 0 Å². The summed E-state index contributed by atoms with van der Waals surface area (Å²) in [6.07, 6.45) is 14.4. The van der Waals surface area contributed by atoms with Crippen LogP contribution in [0.1, 0.15) is 177 Å². The standard InChI is InChI=1S/2C20H20FN5O2.C19H17F2N5O2.C19H18FN5O2/c2*1-10-14(21)6-12-7-20(3)9-22-19(27)13-8-23-26-5-4-15(25-18(13)26)24-11(2)16(10)17(12)28-20;1-9-10-5-13(20)15(21)11-6-19(2,28-16(10)11)8-22-18(27)12-7-23-26-4-3-14(24-9)25-17(12)26;1-10-11-3-4-14(20)12-7-19(2,27-16(11)12)9-21-18(26)13-8-22-25-6-5-15(23-10)24-17(13)25/h2*4-6,8,11H,7,9H2,1-3H3,(H,22,27)(H,24,25);3-5,7,9H,6,8H2,1-2H3,(H,22,27)(H,24,25);3-6,8,10H,7,9H2,1-2H3,(H,21,26)(H,23,24)/t11-,20+;11-,20-;9-,19?;10-,19+/m1111/s1. The Balaban J connectivity index is 0.000000108. The highest BCUT2D eigenvalue weighted by Gasteiger charge is 2.45. The van der Waals surface area contributed by atoms with Gasteiger partial charge in [0.25, 0.3) is 23.6 Å². The van der Waals surface area contributed by atoms with Crippen LogP contribution in [0.5, 0.6) is 23.0 Å². The van der Waals surface area contributed by atoms with E-state index in [0.717, 1.165) is 33.9 Å². The Bertz CT molecular complexity index is 5770. The molecule has 0 fully saturated rings. The van der Waals surface area contributed by atoms with E-state index in [0.29, 0.717) is 146 Å². The van der Waals surface area contributed by atoms with Crippen LogP contribution < -0.4 is 61.5 Å². The van der Waals surface area contributed by atoms with Gasteiger partial charge in [-0.15, -0.1) is 0 Å². The van der Waals surface area contributed by atoms with Crippen LogP contribution in [0, 0.1) is 42.9 Å². The van der Waals surface area contributed by atoms with Gasteiger partial charge in [-0.25, -0.2) is 59.9 Å². The number of anilines is 4. The van der Waals surface area contributed by atoms with Crippen LogP contribution in [0.4, 0.5) is 45.2 Å². The maximum absolute atomic E-state index is 14.6. The van der Waals surface area contributed by atoms with Crippen molar-refractivity contribution in [3.05, 3.63) is 211 Å². The second kappa shape index (κ2) is 26.3. The highest BCUT2D eigenvalue weighted by molar-refractivity contribution is 6.02. The zero-order valence-electron chi connectivity index (χ0n) is 61.8. The molecule has 111 heavy (non-hydrogen) atoms. The second-order valence-corrected chi connectivity index (χ2v) is 30.5. The first-order chi connectivity index (χ1) is 53.0. The molecule has 8 aromatic heterocycles. The van der Waals surface area contributed by atoms with Gasteiger partial charge in [-0.3, -0.25) is 19.2 Å². The Kier molecular flexibility index (Phi) is 16.9. The summed E-state index contributed by atoms with van der Waals surface area (Å²) in [5, 5.41) is 41.4. The lowest BCUT2D eigenvalue weighted by molar-refractivity contribution is 0.0836. The van der Waals surface area contributed by atoms with Gasteiger partial charge in [0, 0.05) is 95.0 Å². The minimum Gasteiger partial charge on any atom is -0.485 e. The molecule has 16 heterocycles. The number of nitrogens with zero attached hydrogens (tertiary/aromatic N) is 12. The van der Waals surface area contributed by atoms with Gasteiger partial charge < -0.3 is 61.5 Å². The molecule has 8 aliphatic heterocycles. The van der Waals surface area contributed by atoms with E-state index in [1.165, 1.54) is 35.4 Å². The van der Waals surface area contributed by atoms with Crippen molar-refractivity contribution in [3.8, 4) is 23.0 Å². The number of hydrogen-bond acceptors (Lipinski definition) is 20. The fourth-order valence-electron chi connectivity index (χ4n) is 15.8. The number of halogens is 5. The summed E-state index contributed by atoms with van der Waals surface area (Å²) >= 11 is 0. The Labute approximate surface area is 629 Å². The van der Waals surface area contributed by atoms with Gasteiger partial charge in [0.05, 0.1) is 75.1 Å². The van der Waals surface area contributed by atoms with Crippen LogP contribution in [0.25, 0.3) is 22.6 Å². The molecular formula is C78H75F5N20O8. The molecule has 28 nitrogen and oxygen atoms in total. The van der Waals surface area contributed by atoms with Crippen LogP contribution in [0.2, 0.25) is 0 Å². The summed E-state index contributed by atoms with van der Waals surface area (Å²) in [5.74, 6) is 0.664. The van der Waals surface area contributed by atoms with Crippen LogP contribution in [-0.4, -0.2) is 131 Å². The Morgan fingerprint density at radius 2 is 0.712 bits per heavy atom. The molecule has 0 spiro atoms. The summed E-state index contributed by atoms with van der Waals surface area (Å²) in [6.45, 7) is 19.6. The summed E-state index contributed by atoms with van der Waals surface area (Å²) in [4.78, 5) is 68.9. The first kappa shape index (κ1) is 71.2. The van der Waals surface area contributed by atoms with Gasteiger partial charge in [-0.1, -0.05) is 6.07 Å². The van der Waals surface area contributed by atoms with Crippen molar-refractivity contribution in [2.45, 2.75) is 141 Å². The van der Waals surface area contributed by atoms with Crippen LogP contribution in [0.3, 0.4) is 0 Å². The number of amides is 4. The van der Waals surface area contributed by atoms with E-state index in [4.69, 9.17) is 18.9 Å². The normalized spacial score (nSPS) is 23.5. The molecule has 8 atom stereocenters. The van der Waals surface area contributed by atoms with Gasteiger partial charge in [0.2, 0.25) is 0 Å². The summed E-state index contributed by atoms with van der Waals surface area (Å²) < 4.78 is 103. The van der Waals surface area contributed by atoms with Gasteiger partial charge in [0.1, 0.15) is 108 Å². The summed E-state index contributed by atoms with van der Waals surface area (Å²) in [5.41, 5.74) is 6.76. The predicted octanol–water partition coefficient (Wildman–Crippen LogP) is 10.7. The molecule has 16 bridgehead atoms. The molecule has 4 amide bonds. The van der Waals surface area contributed by atoms with Gasteiger partial charge in [-0.2, -0.15) is 20.4 Å². The SMILES string of the molecule is C[C@H]1Nc2ccn3ncc(c3n2)C(=O)NCC2(C)Cc3c(F)c(F)cc1c3O2.C[C@H]1Nc2ccn3ncc(c3n2)C(=O)NC[C@]2(C)Cc3c(F)ccc1c3O2.Cc1c(F)cc2c3c1[C@@H](C)Nc1ccn4ncc(c4n1)C(=O)NC[C@@](C)(C2)O3.Cc1c(F)cc2c3c1[C@@H](C)Nc1ccn4ncc(c4n1)C(=O)NC[C@](C)(C2)O3. The first-order valence-electron chi connectivity index (χ1n) is 36.3. The molecule has 4 aromatic carbocycles. The lowest BCUT2D eigenvalue weighted by Crippen LogP contribution is -2.44. The van der Waals surface area contributed by atoms with E-state index in [9.17, 15) is 41.1 Å². The summed E-state index contributed by atoms with van der Waals surface area (Å²) in [7, 11) is 0. The second-order valence-electron chi connectivity index (χ2n) is 30.5. The number of carbonyl (C=O) groups excluding carboxylic acids is 4. The average molecular weight is 1520 g/mol. The minimum atomic E-state index is -0.923. The third kappa shape index (κ3) is 12.6. The van der Waals surface area contributed by atoms with E-state index in [1.807, 2.05) is 48.5 Å². The van der Waals surface area contributed by atoms with E-state index >= 15 is 0 Å². The van der Waals surface area contributed by atoms with Gasteiger partial charge in [-0.05, 0) is 129 Å². The number of ether oxygens (including phenoxy) is 4. The number of nitrogens with one attached hydrogen (secondary N) is 8. The molecule has 20 rings (SSSR count). The van der Waals surface area contributed by atoms with Crippen LogP contribution in [-0.2, 0) is 25.7 Å². The van der Waals surface area contributed by atoms with E-state index in [-0.39, 0.29) is 84.3 Å². The number of aromatic nitrogens is 12. The van der Waals surface area contributed by atoms with Crippen molar-refractivity contribution in [3.63, 3.8) is 0 Å². The summed E-state index contributed by atoms with van der Waals surface area (Å²) in [6, 6.07) is 13.4. The average Bonchev–Trinajstić information content (AvgIpc) is 1.56. The maximum atomic E-state index is 14.6. The molecule has 570 valence electrons. The third-order valence-electron chi connectivity index (χ3n) is 21.6. The lowest BCUT2D eigenvalue weighted by Gasteiger charge is -2.26. The van der Waals surface area contributed by atoms with Gasteiger partial charge in [0.15, 0.2) is 34.2 Å². The molecule has 33 heteroatoms. The Morgan fingerprint density at radius 1 is 0.387 bits per heavy atom. The quantitative estimate of drug-likeness (QED) is 0.0654. The number of fused-ring (bicyclic) bond motifs is 8. The Hall–Kier alpha value is -12.7. The molecule has 1 unspecified atom stereocenters. The van der Waals surface area contributed by atoms with Crippen molar-refractivity contribution >= 4 is 69.5 Å². The highest BCUT2D eigenvalue weighted by atomic mass is 19.2. The number of hydrogen-bond donors (Lipinski definition) is 8. The van der Waals surface area contributed by atoms with Crippen molar-refractivity contribution < 1.29 is 60.1 Å². The highest BCUT2D eigenvalue weighted by Crippen LogP contribution is 2.48. The molecule has 8 N–H and O–H groups in total. The van der Waals surface area contributed by atoms with E-state index < -0.39 is 40.1 Å². The molecule has 0 saturated heterocycles. The molecular weight excluding hydrogens is 1440 g/mol. The number of carbonyl (C=O) groups is 4.